The van der Waals surface area contributed by atoms with E-state index in [1.54, 1.807) is 11.8 Å². The molecule has 1 amide bonds. The number of thioether (sulfide) groups is 1. The molecule has 0 unspecified atom stereocenters. The second kappa shape index (κ2) is 7.86. The number of ketones is 1. The Labute approximate surface area is 228 Å². The van der Waals surface area contributed by atoms with Gasteiger partial charge in [-0.3, -0.25) is 14.6 Å². The molecule has 0 bridgehead atoms. The van der Waals surface area contributed by atoms with Gasteiger partial charge in [-0.05, 0) is 73.5 Å². The van der Waals surface area contributed by atoms with Crippen LogP contribution < -0.4 is 0 Å². The summed E-state index contributed by atoms with van der Waals surface area (Å²) in [5, 5.41) is 12.9. The molecule has 6 rings (SSSR count). The van der Waals surface area contributed by atoms with Crippen molar-refractivity contribution in [2.75, 3.05) is 12.8 Å². The fourth-order valence-corrected chi connectivity index (χ4v) is 12.9. The van der Waals surface area contributed by atoms with Gasteiger partial charge in [-0.2, -0.15) is 0 Å². The van der Waals surface area contributed by atoms with E-state index in [2.05, 4.69) is 41.5 Å². The lowest BCUT2D eigenvalue weighted by Crippen LogP contribution is -2.62. The van der Waals surface area contributed by atoms with Gasteiger partial charge < -0.3 is 10.0 Å². The Bertz CT molecular complexity index is 1070. The molecule has 0 radical (unpaired) electrons. The Hall–Kier alpha value is -0.880. The Morgan fingerprint density at radius 1 is 1.11 bits per heavy atom. The molecular weight excluding hydrogens is 480 g/mol. The summed E-state index contributed by atoms with van der Waals surface area (Å²) < 4.78 is 0. The molecule has 0 aromatic heterocycles. The molecule has 37 heavy (non-hydrogen) atoms. The zero-order valence-corrected chi connectivity index (χ0v) is 25.1. The molecule has 11 atom stereocenters. The average molecular weight is 529 g/mol. The highest BCUT2D eigenvalue weighted by molar-refractivity contribution is 8.14. The van der Waals surface area contributed by atoms with Crippen LogP contribution in [0.4, 0.5) is 0 Å². The van der Waals surface area contributed by atoms with Gasteiger partial charge in [0.05, 0.1) is 17.2 Å². The maximum atomic E-state index is 14.5. The van der Waals surface area contributed by atoms with Crippen LogP contribution >= 0.6 is 11.8 Å². The van der Waals surface area contributed by atoms with E-state index in [0.29, 0.717) is 36.0 Å². The molecule has 5 nitrogen and oxygen atoms in total. The van der Waals surface area contributed by atoms with Crippen LogP contribution in [0.1, 0.15) is 93.4 Å². The summed E-state index contributed by atoms with van der Waals surface area (Å²) in [4.78, 5) is 33.9. The van der Waals surface area contributed by atoms with Crippen molar-refractivity contribution in [3.8, 4) is 0 Å². The number of hydrogen-bond acceptors (Lipinski definition) is 5. The molecule has 0 saturated heterocycles. The molecule has 206 valence electrons. The van der Waals surface area contributed by atoms with Crippen LogP contribution in [0.3, 0.4) is 0 Å². The smallest absolute Gasteiger partial charge is 0.219 e. The van der Waals surface area contributed by atoms with Crippen molar-refractivity contribution in [1.29, 1.82) is 0 Å². The fraction of sp³-hybridized carbons (Fsp3) is 0.903. The van der Waals surface area contributed by atoms with Gasteiger partial charge >= 0.3 is 0 Å². The fourth-order valence-electron chi connectivity index (χ4n) is 11.5. The molecule has 5 fully saturated rings. The van der Waals surface area contributed by atoms with E-state index in [0.717, 1.165) is 37.9 Å². The van der Waals surface area contributed by atoms with Crippen molar-refractivity contribution in [2.45, 2.75) is 112 Å². The summed E-state index contributed by atoms with van der Waals surface area (Å²) in [6, 6.07) is 0.309. The summed E-state index contributed by atoms with van der Waals surface area (Å²) in [5.74, 6) is 2.97. The third-order valence-corrected chi connectivity index (χ3v) is 15.2. The highest BCUT2D eigenvalue weighted by Crippen LogP contribution is 2.88. The average Bonchev–Trinajstić information content (AvgIpc) is 3.46. The number of hydrogen-bond donors (Lipinski definition) is 1. The first-order valence-electron chi connectivity index (χ1n) is 14.8. The minimum Gasteiger partial charge on any atom is -0.393 e. The first-order chi connectivity index (χ1) is 17.2. The maximum absolute atomic E-state index is 14.5. The molecule has 2 spiro atoms. The number of amides is 1. The molecule has 1 N–H and O–H groups in total. The van der Waals surface area contributed by atoms with Crippen LogP contribution in [0.15, 0.2) is 4.99 Å². The van der Waals surface area contributed by atoms with Gasteiger partial charge in [-0.1, -0.05) is 34.6 Å². The summed E-state index contributed by atoms with van der Waals surface area (Å²) >= 11 is 1.98. The van der Waals surface area contributed by atoms with Gasteiger partial charge in [-0.25, -0.2) is 0 Å². The van der Waals surface area contributed by atoms with E-state index >= 15 is 0 Å². The normalized spacial score (nSPS) is 52.8. The van der Waals surface area contributed by atoms with E-state index in [-0.39, 0.29) is 44.9 Å². The minimum absolute atomic E-state index is 0.0239. The van der Waals surface area contributed by atoms with Crippen molar-refractivity contribution >= 4 is 28.5 Å². The number of fused-ring (bicyclic) bond motifs is 4. The summed E-state index contributed by atoms with van der Waals surface area (Å²) in [7, 11) is 1.85. The summed E-state index contributed by atoms with van der Waals surface area (Å²) in [5.41, 5.74) is -0.271. The molecule has 6 heteroatoms. The second-order valence-electron chi connectivity index (χ2n) is 15.1. The molecule has 0 aromatic rings. The maximum Gasteiger partial charge on any atom is 0.219 e. The molecule has 5 aliphatic carbocycles. The standard InChI is InChI=1S/C31H48N2O3S/c1-17(2)26-32-23-11-12-30-15-31(30)22(10-9-21(30)27(23,5)16-37-26)28(6)13-20(35)25(18(3)33(8)19(4)34)29(28,7)14-24(31)36/h17-18,20-23,25,35H,9-16H2,1-8H3/t18-,20+,21-,22-,23-,25-,27-,28-,29+,30+,31-/m0/s1. The number of aliphatic hydroxyl groups excluding tert-OH is 1. The zero-order chi connectivity index (χ0) is 26.9. The lowest BCUT2D eigenvalue weighted by atomic mass is 9.41. The molecule has 5 saturated carbocycles. The van der Waals surface area contributed by atoms with Gasteiger partial charge in [0.25, 0.3) is 0 Å². The zero-order valence-electron chi connectivity index (χ0n) is 24.3. The van der Waals surface area contributed by atoms with Gasteiger partial charge in [0, 0.05) is 54.9 Å². The largest absolute Gasteiger partial charge is 0.393 e. The second-order valence-corrected chi connectivity index (χ2v) is 16.1. The molecular formula is C31H48N2O3S. The van der Waals surface area contributed by atoms with E-state index < -0.39 is 6.10 Å². The number of carbonyl (C=O) groups is 2. The van der Waals surface area contributed by atoms with Crippen LogP contribution in [0.5, 0.6) is 0 Å². The Morgan fingerprint density at radius 3 is 2.43 bits per heavy atom. The van der Waals surface area contributed by atoms with Crippen molar-refractivity contribution in [3.05, 3.63) is 0 Å². The number of Topliss-reactive ketones (excluding diaryl/α,β-unsaturated/α-hetero) is 1. The Morgan fingerprint density at radius 2 is 1.78 bits per heavy atom. The summed E-state index contributed by atoms with van der Waals surface area (Å²) in [6.45, 7) is 15.4. The van der Waals surface area contributed by atoms with Crippen molar-refractivity contribution in [1.82, 2.24) is 4.90 Å². The van der Waals surface area contributed by atoms with E-state index in [1.807, 2.05) is 18.8 Å². The van der Waals surface area contributed by atoms with Gasteiger partial charge in [0.15, 0.2) is 0 Å². The minimum atomic E-state index is -0.478. The van der Waals surface area contributed by atoms with E-state index in [1.165, 1.54) is 11.5 Å². The van der Waals surface area contributed by atoms with Gasteiger partial charge in [0.2, 0.25) is 5.91 Å². The quantitative estimate of drug-likeness (QED) is 0.518. The van der Waals surface area contributed by atoms with Crippen LogP contribution in [0, 0.1) is 50.7 Å². The van der Waals surface area contributed by atoms with Crippen LogP contribution in [-0.2, 0) is 9.59 Å². The number of nitrogens with zero attached hydrogens (tertiary/aromatic N) is 2. The van der Waals surface area contributed by atoms with Crippen LogP contribution in [0.25, 0.3) is 0 Å². The molecule has 6 aliphatic rings. The lowest BCUT2D eigenvalue weighted by molar-refractivity contribution is -0.169. The van der Waals surface area contributed by atoms with Gasteiger partial charge in [0.1, 0.15) is 5.78 Å². The van der Waals surface area contributed by atoms with E-state index in [4.69, 9.17) is 4.99 Å². The number of carbonyl (C=O) groups excluding carboxylic acids is 2. The third kappa shape index (κ3) is 2.96. The number of aliphatic hydroxyl groups is 1. The highest BCUT2D eigenvalue weighted by atomic mass is 32.2. The van der Waals surface area contributed by atoms with Crippen molar-refractivity contribution in [3.63, 3.8) is 0 Å². The van der Waals surface area contributed by atoms with Crippen molar-refractivity contribution < 1.29 is 14.7 Å². The first-order valence-corrected chi connectivity index (χ1v) is 15.8. The lowest BCUT2D eigenvalue weighted by Gasteiger charge is -2.63. The van der Waals surface area contributed by atoms with Crippen molar-refractivity contribution in [2.24, 2.45) is 55.7 Å². The molecule has 0 aromatic carbocycles. The predicted octanol–water partition coefficient (Wildman–Crippen LogP) is 5.59. The van der Waals surface area contributed by atoms with Crippen LogP contribution in [0.2, 0.25) is 0 Å². The monoisotopic (exact) mass is 528 g/mol. The third-order valence-electron chi connectivity index (χ3n) is 13.6. The van der Waals surface area contributed by atoms with Gasteiger partial charge in [-0.15, -0.1) is 11.8 Å². The molecule has 1 heterocycles. The number of aliphatic imine (C=N–C) groups is 1. The predicted molar refractivity (Wildman–Crippen MR) is 149 cm³/mol. The van der Waals surface area contributed by atoms with Crippen LogP contribution in [-0.4, -0.2) is 57.7 Å². The summed E-state index contributed by atoms with van der Waals surface area (Å²) in [6.07, 6.45) is 6.43. The topological polar surface area (TPSA) is 70.0 Å². The van der Waals surface area contributed by atoms with E-state index in [9.17, 15) is 14.7 Å². The highest BCUT2D eigenvalue weighted by Gasteiger charge is 2.86. The number of rotatable bonds is 3. The first kappa shape index (κ1) is 26.3. The Kier molecular flexibility index (Phi) is 5.60. The SMILES string of the molecule is CC(=O)N(C)[C@@H](C)[C@H]1[C@H](O)C[C@@]2(C)[C@@H]3CC[C@H]4[C@]5(C)CSC(C(C)C)=N[C@H]5CC[C@@]45C[C@@]35C(=O)C[C@]12C. The molecule has 1 aliphatic heterocycles. The Balaban J connectivity index is 1.36.